The van der Waals surface area contributed by atoms with Crippen LogP contribution in [0.15, 0.2) is 16.8 Å². The van der Waals surface area contributed by atoms with Crippen LogP contribution in [0.5, 0.6) is 0 Å². The summed E-state index contributed by atoms with van der Waals surface area (Å²) in [5, 5.41) is 15.7. The first kappa shape index (κ1) is 17.4. The van der Waals surface area contributed by atoms with Crippen LogP contribution in [0.3, 0.4) is 0 Å². The molecular weight excluding hydrogens is 326 g/mol. The second-order valence-electron chi connectivity index (χ2n) is 6.95. The van der Waals surface area contributed by atoms with Crippen molar-refractivity contribution >= 4 is 23.2 Å². The number of carboxylic acid groups (broad SMARTS) is 1. The van der Waals surface area contributed by atoms with Crippen LogP contribution >= 0.6 is 11.3 Å². The number of hydrogen-bond acceptors (Lipinski definition) is 4. The van der Waals surface area contributed by atoms with Crippen molar-refractivity contribution in [3.8, 4) is 0 Å². The number of rotatable bonds is 9. The van der Waals surface area contributed by atoms with E-state index in [0.717, 1.165) is 30.7 Å². The number of nitrogens with one attached hydrogen (secondary N) is 1. The lowest BCUT2D eigenvalue weighted by Crippen LogP contribution is -2.43. The molecule has 0 spiro atoms. The summed E-state index contributed by atoms with van der Waals surface area (Å²) >= 11 is 1.55. The molecule has 2 saturated carbocycles. The molecule has 0 aliphatic heterocycles. The van der Waals surface area contributed by atoms with Crippen LogP contribution in [0, 0.1) is 17.8 Å². The van der Waals surface area contributed by atoms with Gasteiger partial charge in [0.05, 0.1) is 0 Å². The predicted octanol–water partition coefficient (Wildman–Crippen LogP) is 3.16. The third-order valence-corrected chi connectivity index (χ3v) is 6.15. The highest BCUT2D eigenvalue weighted by Gasteiger charge is 2.47. The van der Waals surface area contributed by atoms with Crippen LogP contribution in [-0.2, 0) is 9.53 Å². The lowest BCUT2D eigenvalue weighted by molar-refractivity contribution is -0.142. The number of amides is 1. The smallest absolute Gasteiger partial charge is 0.329 e. The van der Waals surface area contributed by atoms with Gasteiger partial charge < -0.3 is 15.2 Å². The molecular formula is C18H25NO4S. The van der Waals surface area contributed by atoms with Gasteiger partial charge in [-0.25, -0.2) is 4.79 Å². The molecule has 2 fully saturated rings. The second-order valence-corrected chi connectivity index (χ2v) is 7.73. The average molecular weight is 351 g/mol. The standard InChI is InChI=1S/C18H25NO4S/c20-16(21)10-23-7-2-1-3-15-12-4-5-13(9-12)17(15)19-18(22)14-6-8-24-11-14/h6,8,11-13,15,17H,1-5,7,9-10H2,(H,19,22)(H,20,21)/t12-,13+,15-,17-/m0/s1. The Morgan fingerprint density at radius 2 is 2.12 bits per heavy atom. The third-order valence-electron chi connectivity index (χ3n) is 5.47. The fourth-order valence-electron chi connectivity index (χ4n) is 4.42. The minimum absolute atomic E-state index is 0.0589. The molecule has 0 saturated heterocycles. The normalized spacial score (nSPS) is 28.2. The summed E-state index contributed by atoms with van der Waals surface area (Å²) in [4.78, 5) is 22.8. The lowest BCUT2D eigenvalue weighted by Gasteiger charge is -2.32. The number of thiophene rings is 1. The van der Waals surface area contributed by atoms with Gasteiger partial charge in [-0.05, 0) is 61.3 Å². The van der Waals surface area contributed by atoms with Crippen LogP contribution in [0.25, 0.3) is 0 Å². The van der Waals surface area contributed by atoms with Gasteiger partial charge in [0.25, 0.3) is 5.91 Å². The van der Waals surface area contributed by atoms with E-state index in [2.05, 4.69) is 5.32 Å². The summed E-state index contributed by atoms with van der Waals surface area (Å²) in [5.41, 5.74) is 0.767. The largest absolute Gasteiger partial charge is 0.480 e. The molecule has 2 aliphatic rings. The highest BCUT2D eigenvalue weighted by Crippen LogP contribution is 2.50. The van der Waals surface area contributed by atoms with E-state index in [1.54, 1.807) is 11.3 Å². The zero-order valence-electron chi connectivity index (χ0n) is 13.8. The zero-order valence-corrected chi connectivity index (χ0v) is 14.6. The van der Waals surface area contributed by atoms with Gasteiger partial charge in [0.1, 0.15) is 6.61 Å². The summed E-state index contributed by atoms with van der Waals surface area (Å²) < 4.78 is 5.09. The van der Waals surface area contributed by atoms with Crippen LogP contribution in [0.4, 0.5) is 0 Å². The van der Waals surface area contributed by atoms with E-state index in [0.29, 0.717) is 24.5 Å². The summed E-state index contributed by atoms with van der Waals surface area (Å²) in [6.45, 7) is 0.284. The molecule has 132 valence electrons. The van der Waals surface area contributed by atoms with E-state index >= 15 is 0 Å². The molecule has 1 amide bonds. The Bertz CT molecular complexity index is 559. The van der Waals surface area contributed by atoms with Gasteiger partial charge in [-0.1, -0.05) is 6.42 Å². The Kier molecular flexibility index (Phi) is 5.89. The van der Waals surface area contributed by atoms with Crippen LogP contribution in [-0.4, -0.2) is 36.2 Å². The molecule has 24 heavy (non-hydrogen) atoms. The first-order valence-corrected chi connectivity index (χ1v) is 9.72. The van der Waals surface area contributed by atoms with Gasteiger partial charge in [0.2, 0.25) is 0 Å². The molecule has 6 heteroatoms. The van der Waals surface area contributed by atoms with Gasteiger partial charge in [-0.2, -0.15) is 11.3 Å². The van der Waals surface area contributed by atoms with E-state index in [9.17, 15) is 9.59 Å². The lowest BCUT2D eigenvalue weighted by atomic mass is 9.81. The molecule has 3 rings (SSSR count). The maximum Gasteiger partial charge on any atom is 0.329 e. The number of fused-ring (bicyclic) bond motifs is 2. The van der Waals surface area contributed by atoms with Crippen molar-refractivity contribution in [3.63, 3.8) is 0 Å². The van der Waals surface area contributed by atoms with E-state index in [1.807, 2.05) is 16.8 Å². The molecule has 5 nitrogen and oxygen atoms in total. The summed E-state index contributed by atoms with van der Waals surface area (Å²) in [7, 11) is 0. The fourth-order valence-corrected chi connectivity index (χ4v) is 5.06. The van der Waals surface area contributed by atoms with Crippen molar-refractivity contribution in [2.24, 2.45) is 17.8 Å². The maximum absolute atomic E-state index is 12.4. The zero-order chi connectivity index (χ0) is 16.9. The average Bonchev–Trinajstić information content (AvgIpc) is 3.28. The molecule has 0 unspecified atom stereocenters. The van der Waals surface area contributed by atoms with Crippen LogP contribution < -0.4 is 5.32 Å². The van der Waals surface area contributed by atoms with Crippen molar-refractivity contribution in [1.29, 1.82) is 0 Å². The van der Waals surface area contributed by atoms with Crippen molar-refractivity contribution < 1.29 is 19.4 Å². The molecule has 4 atom stereocenters. The summed E-state index contributed by atoms with van der Waals surface area (Å²) in [5.74, 6) is 1.07. The number of aliphatic carboxylic acids is 1. The Morgan fingerprint density at radius 3 is 2.88 bits per heavy atom. The molecule has 1 aromatic heterocycles. The van der Waals surface area contributed by atoms with Gasteiger partial charge in [0, 0.05) is 23.6 Å². The first-order chi connectivity index (χ1) is 11.6. The molecule has 0 radical (unpaired) electrons. The maximum atomic E-state index is 12.4. The highest BCUT2D eigenvalue weighted by molar-refractivity contribution is 7.08. The monoisotopic (exact) mass is 351 g/mol. The number of carboxylic acids is 1. The third kappa shape index (κ3) is 4.16. The molecule has 2 N–H and O–H groups in total. The summed E-state index contributed by atoms with van der Waals surface area (Å²) in [6.07, 6.45) is 6.76. The molecule has 2 aliphatic carbocycles. The van der Waals surface area contributed by atoms with Crippen molar-refractivity contribution in [2.45, 2.75) is 44.6 Å². The Morgan fingerprint density at radius 1 is 1.29 bits per heavy atom. The topological polar surface area (TPSA) is 75.6 Å². The van der Waals surface area contributed by atoms with Gasteiger partial charge in [0.15, 0.2) is 0 Å². The number of carbonyl (C=O) groups excluding carboxylic acids is 1. The second kappa shape index (κ2) is 8.12. The Hall–Kier alpha value is -1.40. The number of hydrogen-bond donors (Lipinski definition) is 2. The quantitative estimate of drug-likeness (QED) is 0.670. The van der Waals surface area contributed by atoms with Crippen LogP contribution in [0.1, 0.15) is 48.9 Å². The van der Waals surface area contributed by atoms with Crippen molar-refractivity contribution in [1.82, 2.24) is 5.32 Å². The summed E-state index contributed by atoms with van der Waals surface area (Å²) in [6, 6.07) is 2.18. The molecule has 1 heterocycles. The van der Waals surface area contributed by atoms with E-state index in [4.69, 9.17) is 9.84 Å². The SMILES string of the molecule is O=C(O)COCCCC[C@H]1[C@H]2CC[C@H](C2)[C@@H]1NC(=O)c1ccsc1. The number of unbranched alkanes of at least 4 members (excludes halogenated alkanes) is 1. The minimum Gasteiger partial charge on any atom is -0.480 e. The number of carbonyl (C=O) groups is 2. The van der Waals surface area contributed by atoms with E-state index in [-0.39, 0.29) is 12.5 Å². The predicted molar refractivity (Wildman–Crippen MR) is 92.2 cm³/mol. The van der Waals surface area contributed by atoms with E-state index in [1.165, 1.54) is 19.3 Å². The Labute approximate surface area is 146 Å². The molecule has 1 aromatic rings. The molecule has 2 bridgehead atoms. The van der Waals surface area contributed by atoms with E-state index < -0.39 is 5.97 Å². The van der Waals surface area contributed by atoms with Crippen molar-refractivity contribution in [3.05, 3.63) is 22.4 Å². The Balaban J connectivity index is 1.46. The molecule has 0 aromatic carbocycles. The highest BCUT2D eigenvalue weighted by atomic mass is 32.1. The van der Waals surface area contributed by atoms with Gasteiger partial charge >= 0.3 is 5.97 Å². The van der Waals surface area contributed by atoms with Gasteiger partial charge in [-0.15, -0.1) is 0 Å². The first-order valence-electron chi connectivity index (χ1n) is 8.77. The van der Waals surface area contributed by atoms with Crippen LogP contribution in [0.2, 0.25) is 0 Å². The van der Waals surface area contributed by atoms with Crippen molar-refractivity contribution in [2.75, 3.05) is 13.2 Å². The minimum atomic E-state index is -0.917. The van der Waals surface area contributed by atoms with Gasteiger partial charge in [-0.3, -0.25) is 4.79 Å². The fraction of sp³-hybridized carbons (Fsp3) is 0.667. The number of ether oxygens (including phenoxy) is 1.